The molecule has 6 aliphatic rings. The molecule has 47 heavy (non-hydrogen) atoms. The predicted octanol–water partition coefficient (Wildman–Crippen LogP) is 5.03. The number of methoxy groups -OCH3 is 1. The molecule has 4 aromatic rings. The second kappa shape index (κ2) is 10.0. The summed E-state index contributed by atoms with van der Waals surface area (Å²) in [4.78, 5) is 39.1. The van der Waals surface area contributed by atoms with E-state index in [1.165, 1.54) is 12.8 Å². The van der Waals surface area contributed by atoms with Gasteiger partial charge in [-0.15, -0.1) is 0 Å². The van der Waals surface area contributed by atoms with Crippen LogP contribution < -0.4 is 15.8 Å². The first-order valence-electron chi connectivity index (χ1n) is 17.2. The van der Waals surface area contributed by atoms with Crippen molar-refractivity contribution in [3.63, 3.8) is 0 Å². The highest BCUT2D eigenvalue weighted by Gasteiger charge is 2.72. The van der Waals surface area contributed by atoms with Crippen molar-refractivity contribution >= 4 is 33.9 Å². The van der Waals surface area contributed by atoms with Crippen LogP contribution in [0.5, 0.6) is 5.75 Å². The minimum absolute atomic E-state index is 0.0165. The Labute approximate surface area is 272 Å². The van der Waals surface area contributed by atoms with Gasteiger partial charge in [-0.25, -0.2) is 14.4 Å². The molecule has 10 nitrogen and oxygen atoms in total. The van der Waals surface area contributed by atoms with Gasteiger partial charge in [0, 0.05) is 43.2 Å². The molecule has 10 rings (SSSR count). The fourth-order valence-electron chi connectivity index (χ4n) is 9.06. The highest BCUT2D eigenvalue weighted by atomic mass is 19.1. The molecule has 4 atom stereocenters. The Kier molecular flexibility index (Phi) is 6.21. The third-order valence-corrected chi connectivity index (χ3v) is 11.9. The number of hydrogen-bond donors (Lipinski definition) is 2. The number of fused-ring (bicyclic) bond motifs is 4. The minimum Gasteiger partial charge on any atom is -0.494 e. The van der Waals surface area contributed by atoms with Crippen LogP contribution in [0.25, 0.3) is 33.6 Å². The van der Waals surface area contributed by atoms with E-state index in [4.69, 9.17) is 20.4 Å². The molecule has 5 aliphatic carbocycles. The second-order valence-corrected chi connectivity index (χ2v) is 15.3. The van der Waals surface area contributed by atoms with Gasteiger partial charge in [-0.05, 0) is 100 Å². The molecule has 4 heterocycles. The standard InChI is InChI=1S/C36H42FN7O3/c1-19(39-34(46)35-16-36(37,17-35)18-35)26-9-7-22-12-28(44(31(22)40-26)14-20-4-5-20)32-41-27-11-23(13-29(47-3)30(27)42(32)2)33(45)43-15-25(38)21-6-8-24(43)10-21/h7,9,11-13,19-21,24-25H,4-6,8,10,14-18,38H2,1-3H3,(H,39,46)/t19-,21+,24?,25+,35?,36?/m1/s1. The number of alkyl halides is 1. The molecule has 5 saturated carbocycles. The molecule has 2 amide bonds. The van der Waals surface area contributed by atoms with E-state index in [0.29, 0.717) is 54.5 Å². The number of carbonyl (C=O) groups is 2. The summed E-state index contributed by atoms with van der Waals surface area (Å²) in [6.07, 6.45) is 6.43. The average Bonchev–Trinajstić information content (AvgIpc) is 3.49. The van der Waals surface area contributed by atoms with Crippen molar-refractivity contribution in [3.05, 3.63) is 41.6 Å². The van der Waals surface area contributed by atoms with Crippen LogP contribution in [0, 0.1) is 17.3 Å². The lowest BCUT2D eigenvalue weighted by molar-refractivity contribution is -0.214. The Morgan fingerprint density at radius 1 is 1.13 bits per heavy atom. The predicted molar refractivity (Wildman–Crippen MR) is 176 cm³/mol. The number of amides is 2. The van der Waals surface area contributed by atoms with Crippen LogP contribution in [0.3, 0.4) is 0 Å². The summed E-state index contributed by atoms with van der Waals surface area (Å²) in [6.45, 7) is 3.34. The van der Waals surface area contributed by atoms with Crippen molar-refractivity contribution in [1.29, 1.82) is 0 Å². The summed E-state index contributed by atoms with van der Waals surface area (Å²) in [6, 6.07) is 9.84. The number of ether oxygens (including phenoxy) is 1. The molecule has 1 aliphatic heterocycles. The molecule has 4 bridgehead atoms. The van der Waals surface area contributed by atoms with Crippen LogP contribution in [0.1, 0.15) is 80.4 Å². The number of halogens is 1. The zero-order valence-corrected chi connectivity index (χ0v) is 27.3. The topological polar surface area (TPSA) is 120 Å². The monoisotopic (exact) mass is 639 g/mol. The van der Waals surface area contributed by atoms with Crippen LogP contribution in [0.2, 0.25) is 0 Å². The van der Waals surface area contributed by atoms with E-state index in [0.717, 1.165) is 59.6 Å². The van der Waals surface area contributed by atoms with Gasteiger partial charge in [-0.1, -0.05) is 0 Å². The summed E-state index contributed by atoms with van der Waals surface area (Å²) in [5.41, 5.74) is 9.47. The molecule has 6 fully saturated rings. The SMILES string of the molecule is COc1cc(C(=O)N2C[C@H](N)[C@H]3CCC2C3)cc2nc(-c3cc4ccc([C@@H](C)NC(=O)C56CC(F)(C5)C6)nc4n3CC3CC3)n(C)c12. The van der Waals surface area contributed by atoms with E-state index in [-0.39, 0.29) is 29.9 Å². The zero-order valence-electron chi connectivity index (χ0n) is 27.3. The number of nitrogens with two attached hydrogens (primary N) is 1. The maximum Gasteiger partial charge on any atom is 0.254 e. The third-order valence-electron chi connectivity index (χ3n) is 11.9. The highest BCUT2D eigenvalue weighted by molar-refractivity contribution is 6.00. The fourth-order valence-corrected chi connectivity index (χ4v) is 9.06. The fraction of sp³-hybridized carbons (Fsp3) is 0.556. The smallest absolute Gasteiger partial charge is 0.254 e. The maximum atomic E-state index is 14.1. The first-order chi connectivity index (χ1) is 22.5. The van der Waals surface area contributed by atoms with Crippen LogP contribution >= 0.6 is 0 Å². The molecular formula is C36H42FN7O3. The van der Waals surface area contributed by atoms with E-state index in [1.807, 2.05) is 41.6 Å². The zero-order chi connectivity index (χ0) is 32.4. The number of imidazole rings is 1. The largest absolute Gasteiger partial charge is 0.494 e. The van der Waals surface area contributed by atoms with Gasteiger partial charge in [0.25, 0.3) is 5.91 Å². The van der Waals surface area contributed by atoms with Gasteiger partial charge >= 0.3 is 0 Å². The number of hydrogen-bond acceptors (Lipinski definition) is 6. The minimum atomic E-state index is -1.12. The number of nitrogens with one attached hydrogen (secondary N) is 1. The molecular weight excluding hydrogens is 597 g/mol. The van der Waals surface area contributed by atoms with Gasteiger partial charge < -0.3 is 29.8 Å². The lowest BCUT2D eigenvalue weighted by atomic mass is 9.42. The maximum absolute atomic E-state index is 14.1. The first-order valence-corrected chi connectivity index (χ1v) is 17.2. The number of benzene rings is 1. The first kappa shape index (κ1) is 29.2. The summed E-state index contributed by atoms with van der Waals surface area (Å²) >= 11 is 0. The van der Waals surface area contributed by atoms with Crippen LogP contribution in [-0.4, -0.2) is 67.2 Å². The van der Waals surface area contributed by atoms with Gasteiger partial charge in [-0.3, -0.25) is 9.59 Å². The molecule has 1 aromatic carbocycles. The summed E-state index contributed by atoms with van der Waals surface area (Å²) < 4.78 is 24.3. The number of aryl methyl sites for hydroxylation is 1. The molecule has 1 saturated heterocycles. The summed E-state index contributed by atoms with van der Waals surface area (Å²) in [7, 11) is 3.62. The van der Waals surface area contributed by atoms with Crippen LogP contribution in [0.4, 0.5) is 4.39 Å². The summed E-state index contributed by atoms with van der Waals surface area (Å²) in [5.74, 6) is 2.38. The second-order valence-electron chi connectivity index (χ2n) is 15.3. The third kappa shape index (κ3) is 4.44. The van der Waals surface area contributed by atoms with Gasteiger partial charge in [0.05, 0.1) is 35.5 Å². The van der Waals surface area contributed by atoms with E-state index >= 15 is 0 Å². The molecule has 3 aromatic heterocycles. The molecule has 1 unspecified atom stereocenters. The Bertz CT molecular complexity index is 1960. The van der Waals surface area contributed by atoms with Crippen molar-refractivity contribution in [2.24, 2.45) is 30.0 Å². The van der Waals surface area contributed by atoms with Gasteiger partial charge in [0.2, 0.25) is 5.91 Å². The van der Waals surface area contributed by atoms with E-state index in [9.17, 15) is 14.0 Å². The summed E-state index contributed by atoms with van der Waals surface area (Å²) in [5, 5.41) is 4.11. The number of nitrogens with zero attached hydrogens (tertiary/aromatic N) is 5. The van der Waals surface area contributed by atoms with Gasteiger partial charge in [-0.2, -0.15) is 0 Å². The average molecular weight is 640 g/mol. The lowest BCUT2D eigenvalue weighted by Gasteiger charge is -2.64. The van der Waals surface area contributed by atoms with E-state index < -0.39 is 11.1 Å². The van der Waals surface area contributed by atoms with Crippen molar-refractivity contribution in [2.75, 3.05) is 13.7 Å². The Balaban J connectivity index is 1.07. The normalized spacial score (nSPS) is 29.9. The van der Waals surface area contributed by atoms with Crippen molar-refractivity contribution < 1.29 is 18.7 Å². The van der Waals surface area contributed by atoms with Gasteiger partial charge in [0.1, 0.15) is 22.6 Å². The van der Waals surface area contributed by atoms with Crippen molar-refractivity contribution in [1.82, 2.24) is 29.3 Å². The lowest BCUT2D eigenvalue weighted by Crippen LogP contribution is -2.70. The van der Waals surface area contributed by atoms with Crippen LogP contribution in [-0.2, 0) is 18.4 Å². The number of pyridine rings is 1. The number of aromatic nitrogens is 4. The Morgan fingerprint density at radius 2 is 1.91 bits per heavy atom. The van der Waals surface area contributed by atoms with Crippen molar-refractivity contribution in [3.8, 4) is 17.3 Å². The highest BCUT2D eigenvalue weighted by Crippen LogP contribution is 2.69. The van der Waals surface area contributed by atoms with Crippen molar-refractivity contribution in [2.45, 2.75) is 88.6 Å². The van der Waals surface area contributed by atoms with E-state index in [1.54, 1.807) is 7.11 Å². The molecule has 0 radical (unpaired) electrons. The van der Waals surface area contributed by atoms with Gasteiger partial charge in [0.15, 0.2) is 5.82 Å². The number of carbonyl (C=O) groups excluding carboxylic acids is 2. The molecule has 246 valence electrons. The quantitative estimate of drug-likeness (QED) is 0.279. The van der Waals surface area contributed by atoms with Crippen LogP contribution in [0.15, 0.2) is 30.3 Å². The molecule has 0 spiro atoms. The molecule has 11 heteroatoms. The Morgan fingerprint density at radius 3 is 2.64 bits per heavy atom. The number of rotatable bonds is 8. The Hall–Kier alpha value is -3.99. The number of likely N-dealkylation sites (tertiary alicyclic amines) is 1. The van der Waals surface area contributed by atoms with E-state index in [2.05, 4.69) is 22.0 Å². The number of piperidine rings is 1. The molecule has 3 N–H and O–H groups in total.